The Balaban J connectivity index is 0.00000110. The molecule has 4 nitrogen and oxygen atoms in total. The van der Waals surface area contributed by atoms with Gasteiger partial charge in [0.25, 0.3) is 0 Å². The number of pyridine rings is 1. The van der Waals surface area contributed by atoms with Crippen molar-refractivity contribution >= 4 is 41.5 Å². The Labute approximate surface area is 136 Å². The minimum atomic E-state index is 0. The molecule has 2 aromatic rings. The molecule has 2 atom stereocenters. The number of nitrogens with two attached hydrogens (primary N) is 1. The zero-order chi connectivity index (χ0) is 13.2. The Morgan fingerprint density at radius 2 is 1.95 bits per heavy atom. The van der Waals surface area contributed by atoms with Gasteiger partial charge in [-0.15, -0.1) is 24.8 Å². The van der Waals surface area contributed by atoms with Crippen LogP contribution in [0, 0.1) is 0 Å². The van der Waals surface area contributed by atoms with Gasteiger partial charge in [0.1, 0.15) is 5.82 Å². The van der Waals surface area contributed by atoms with Gasteiger partial charge in [-0.05, 0) is 37.8 Å². The third-order valence-electron chi connectivity index (χ3n) is 3.81. The molecule has 0 radical (unpaired) electrons. The molecule has 1 aromatic carbocycles. The normalized spacial score (nSPS) is 21.2. The molecule has 0 amide bonds. The van der Waals surface area contributed by atoms with E-state index < -0.39 is 0 Å². The van der Waals surface area contributed by atoms with Crippen LogP contribution in [0.15, 0.2) is 35.1 Å². The van der Waals surface area contributed by atoms with Crippen molar-refractivity contribution < 1.29 is 0 Å². The largest absolute Gasteiger partial charge is 0.369 e. The first kappa shape index (κ1) is 17.8. The van der Waals surface area contributed by atoms with Crippen molar-refractivity contribution in [3.05, 3.63) is 40.6 Å². The van der Waals surface area contributed by atoms with Gasteiger partial charge in [-0.25, -0.2) is 0 Å². The topological polar surface area (TPSA) is 70.9 Å². The molecule has 21 heavy (non-hydrogen) atoms. The molecule has 0 bridgehead atoms. The lowest BCUT2D eigenvalue weighted by molar-refractivity contribution is 0.409. The summed E-state index contributed by atoms with van der Waals surface area (Å²) in [5.74, 6) is 0.794. The van der Waals surface area contributed by atoms with Gasteiger partial charge in [-0.3, -0.25) is 4.79 Å². The lowest BCUT2D eigenvalue weighted by atomic mass is 9.91. The summed E-state index contributed by atoms with van der Waals surface area (Å²) in [5.41, 5.74) is 6.91. The van der Waals surface area contributed by atoms with Crippen molar-refractivity contribution in [1.82, 2.24) is 4.98 Å². The van der Waals surface area contributed by atoms with Crippen LogP contribution in [-0.2, 0) is 0 Å². The van der Waals surface area contributed by atoms with Crippen LogP contribution in [0.1, 0.15) is 25.7 Å². The highest BCUT2D eigenvalue weighted by molar-refractivity contribution is 5.85. The summed E-state index contributed by atoms with van der Waals surface area (Å²) in [6.07, 6.45) is 4.33. The molecule has 6 heteroatoms. The van der Waals surface area contributed by atoms with Gasteiger partial charge < -0.3 is 16.0 Å². The van der Waals surface area contributed by atoms with Gasteiger partial charge in [0, 0.05) is 23.5 Å². The van der Waals surface area contributed by atoms with Crippen LogP contribution in [-0.4, -0.2) is 17.1 Å². The summed E-state index contributed by atoms with van der Waals surface area (Å²) in [6, 6.07) is 9.86. The number of para-hydroxylation sites is 1. The number of anilines is 1. The molecule has 1 heterocycles. The monoisotopic (exact) mass is 329 g/mol. The summed E-state index contributed by atoms with van der Waals surface area (Å²) >= 11 is 0. The van der Waals surface area contributed by atoms with Crippen LogP contribution in [0.2, 0.25) is 0 Å². The maximum atomic E-state index is 12.0. The zero-order valence-corrected chi connectivity index (χ0v) is 13.3. The van der Waals surface area contributed by atoms with Crippen LogP contribution >= 0.6 is 24.8 Å². The average molecular weight is 330 g/mol. The van der Waals surface area contributed by atoms with Gasteiger partial charge in [0.15, 0.2) is 5.43 Å². The lowest BCUT2D eigenvalue weighted by Crippen LogP contribution is -2.35. The number of hydrogen-bond donors (Lipinski definition) is 3. The number of benzene rings is 1. The number of hydrogen-bond acceptors (Lipinski definition) is 3. The van der Waals surface area contributed by atoms with Crippen molar-refractivity contribution in [3.8, 4) is 0 Å². The molecule has 0 aliphatic heterocycles. The van der Waals surface area contributed by atoms with Crippen molar-refractivity contribution in [2.45, 2.75) is 37.8 Å². The Kier molecular flexibility index (Phi) is 6.52. The number of aromatic nitrogens is 1. The Morgan fingerprint density at radius 3 is 2.71 bits per heavy atom. The third-order valence-corrected chi connectivity index (χ3v) is 3.81. The van der Waals surface area contributed by atoms with E-state index in [1.54, 1.807) is 6.07 Å². The quantitative estimate of drug-likeness (QED) is 0.792. The maximum absolute atomic E-state index is 12.0. The predicted molar refractivity (Wildman–Crippen MR) is 92.9 cm³/mol. The van der Waals surface area contributed by atoms with E-state index in [4.69, 9.17) is 5.73 Å². The molecule has 3 rings (SSSR count). The fourth-order valence-electron chi connectivity index (χ4n) is 2.85. The fourth-order valence-corrected chi connectivity index (χ4v) is 2.85. The van der Waals surface area contributed by atoms with Crippen LogP contribution in [0.5, 0.6) is 0 Å². The molecule has 4 N–H and O–H groups in total. The second kappa shape index (κ2) is 7.69. The van der Waals surface area contributed by atoms with Crippen LogP contribution in [0.3, 0.4) is 0 Å². The third kappa shape index (κ3) is 4.13. The summed E-state index contributed by atoms with van der Waals surface area (Å²) in [4.78, 5) is 15.3. The van der Waals surface area contributed by atoms with Crippen LogP contribution in [0.4, 0.5) is 5.82 Å². The van der Waals surface area contributed by atoms with Gasteiger partial charge in [0.05, 0.1) is 5.52 Å². The van der Waals surface area contributed by atoms with Gasteiger partial charge in [0.2, 0.25) is 0 Å². The van der Waals surface area contributed by atoms with E-state index in [0.717, 1.165) is 42.4 Å². The van der Waals surface area contributed by atoms with Crippen molar-refractivity contribution in [3.63, 3.8) is 0 Å². The second-order valence-corrected chi connectivity index (χ2v) is 5.36. The van der Waals surface area contributed by atoms with E-state index in [2.05, 4.69) is 10.3 Å². The first-order valence-corrected chi connectivity index (χ1v) is 6.86. The first-order chi connectivity index (χ1) is 9.22. The summed E-state index contributed by atoms with van der Waals surface area (Å²) < 4.78 is 0. The fraction of sp³-hybridized carbons (Fsp3) is 0.400. The molecule has 2 unspecified atom stereocenters. The molecule has 1 aromatic heterocycles. The molecule has 0 saturated heterocycles. The SMILES string of the molecule is Cl.Cl.NC1CCCC(Nc2cc(=O)c3ccccc3[nH]2)C1. The number of halogens is 2. The predicted octanol–water partition coefficient (Wildman–Crippen LogP) is 3.05. The molecule has 116 valence electrons. The van der Waals surface area contributed by atoms with E-state index in [9.17, 15) is 4.79 Å². The van der Waals surface area contributed by atoms with Gasteiger partial charge >= 0.3 is 0 Å². The molecule has 1 aliphatic rings. The van der Waals surface area contributed by atoms with Gasteiger partial charge in [-0.1, -0.05) is 12.1 Å². The number of fused-ring (bicyclic) bond motifs is 1. The van der Waals surface area contributed by atoms with E-state index in [1.807, 2.05) is 24.3 Å². The number of H-pyrrole nitrogens is 1. The van der Waals surface area contributed by atoms with E-state index >= 15 is 0 Å². The molecular weight excluding hydrogens is 309 g/mol. The average Bonchev–Trinajstić information content (AvgIpc) is 2.39. The van der Waals surface area contributed by atoms with Crippen molar-refractivity contribution in [2.75, 3.05) is 5.32 Å². The van der Waals surface area contributed by atoms with E-state index in [0.29, 0.717) is 6.04 Å². The number of aromatic amines is 1. The Bertz CT molecular complexity index is 644. The highest BCUT2D eigenvalue weighted by Crippen LogP contribution is 2.20. The van der Waals surface area contributed by atoms with E-state index in [1.165, 1.54) is 0 Å². The van der Waals surface area contributed by atoms with Crippen molar-refractivity contribution in [1.29, 1.82) is 0 Å². The Hall–Kier alpha value is -1.23. The summed E-state index contributed by atoms with van der Waals surface area (Å²) in [7, 11) is 0. The minimum Gasteiger partial charge on any atom is -0.369 e. The standard InChI is InChI=1S/C15H19N3O.2ClH/c16-10-4-3-5-11(8-10)17-15-9-14(19)12-6-1-2-7-13(12)18-15;;/h1-2,6-7,9-11H,3-5,8,16H2,(H2,17,18,19);2*1H. The minimum absolute atomic E-state index is 0. The number of rotatable bonds is 2. The zero-order valence-electron chi connectivity index (χ0n) is 11.7. The highest BCUT2D eigenvalue weighted by Gasteiger charge is 2.19. The van der Waals surface area contributed by atoms with E-state index in [-0.39, 0.29) is 36.3 Å². The van der Waals surface area contributed by atoms with Crippen molar-refractivity contribution in [2.24, 2.45) is 5.73 Å². The molecule has 1 fully saturated rings. The molecule has 1 saturated carbocycles. The summed E-state index contributed by atoms with van der Waals surface area (Å²) in [6.45, 7) is 0. The lowest BCUT2D eigenvalue weighted by Gasteiger charge is -2.28. The molecule has 1 aliphatic carbocycles. The summed E-state index contributed by atoms with van der Waals surface area (Å²) in [5, 5.41) is 4.14. The first-order valence-electron chi connectivity index (χ1n) is 6.86. The van der Waals surface area contributed by atoms with Gasteiger partial charge in [-0.2, -0.15) is 0 Å². The number of nitrogens with one attached hydrogen (secondary N) is 2. The molecule has 0 spiro atoms. The smallest absolute Gasteiger partial charge is 0.191 e. The maximum Gasteiger partial charge on any atom is 0.191 e. The highest BCUT2D eigenvalue weighted by atomic mass is 35.5. The van der Waals surface area contributed by atoms with Crippen LogP contribution in [0.25, 0.3) is 10.9 Å². The Morgan fingerprint density at radius 1 is 1.19 bits per heavy atom. The van der Waals surface area contributed by atoms with Crippen LogP contribution < -0.4 is 16.5 Å². The molecular formula is C15H21Cl2N3O. The second-order valence-electron chi connectivity index (χ2n) is 5.36.